The van der Waals surface area contributed by atoms with E-state index in [2.05, 4.69) is 14.9 Å². The number of nitrogens with zero attached hydrogens (tertiary/aromatic N) is 2. The Morgan fingerprint density at radius 3 is 2.79 bits per heavy atom. The van der Waals surface area contributed by atoms with Gasteiger partial charge in [0.15, 0.2) is 0 Å². The number of H-pyrrole nitrogens is 1. The molecule has 0 spiro atoms. The second kappa shape index (κ2) is 7.72. The normalized spacial score (nSPS) is 18.2. The van der Waals surface area contributed by atoms with E-state index in [1.54, 1.807) is 6.20 Å². The van der Waals surface area contributed by atoms with Gasteiger partial charge >= 0.3 is 0 Å². The number of hydrogen-bond donors (Lipinski definition) is 3. The van der Waals surface area contributed by atoms with Crippen molar-refractivity contribution in [1.82, 2.24) is 9.97 Å². The van der Waals surface area contributed by atoms with Crippen molar-refractivity contribution in [2.45, 2.75) is 31.7 Å². The van der Waals surface area contributed by atoms with Crippen LogP contribution in [0, 0.1) is 0 Å². The van der Waals surface area contributed by atoms with Gasteiger partial charge in [0.05, 0.1) is 10.6 Å². The average molecular weight is 345 g/mol. The number of anilines is 1. The quantitative estimate of drug-likeness (QED) is 0.775. The average Bonchev–Trinajstić information content (AvgIpc) is 3.26. The van der Waals surface area contributed by atoms with Crippen LogP contribution in [-0.4, -0.2) is 34.2 Å². The maximum atomic E-state index is 11.2. The van der Waals surface area contributed by atoms with Gasteiger partial charge in [0.2, 0.25) is 0 Å². The van der Waals surface area contributed by atoms with Gasteiger partial charge in [-0.3, -0.25) is 4.79 Å². The van der Waals surface area contributed by atoms with E-state index in [0.717, 1.165) is 29.0 Å². The van der Waals surface area contributed by atoms with Crippen molar-refractivity contribution < 1.29 is 4.79 Å². The van der Waals surface area contributed by atoms with Crippen molar-refractivity contribution in [3.05, 3.63) is 35.6 Å². The number of carbonyl (C=O) groups excluding carboxylic acids is 1. The summed E-state index contributed by atoms with van der Waals surface area (Å²) in [5.41, 5.74) is 12.8. The van der Waals surface area contributed by atoms with Crippen molar-refractivity contribution in [3.8, 4) is 0 Å². The molecule has 0 atom stereocenters. The smallest absolute Gasteiger partial charge is 0.256 e. The molecule has 0 saturated heterocycles. The van der Waals surface area contributed by atoms with E-state index >= 15 is 0 Å². The first kappa shape index (κ1) is 16.9. The molecular formula is C17H23N5OS. The van der Waals surface area contributed by atoms with Crippen LogP contribution in [0.4, 0.5) is 5.69 Å². The first-order chi connectivity index (χ1) is 11.6. The Hall–Kier alpha value is -1.99. The number of carbonyl (C=O) groups is 1. The number of primary amides is 1. The van der Waals surface area contributed by atoms with Gasteiger partial charge in [-0.05, 0) is 25.0 Å². The molecule has 1 aliphatic heterocycles. The standard InChI is InChI=1S/C12H12N4OS.C5H11N/c13-11(17)10-7-16(5-6-18-10)9-2-4-15-12-8(9)1-3-14-12;6-5-3-1-2-4-5/h1-4,7H,5-6H2,(H2,13,17)(H,14,15);5H,1-4,6H2. The van der Waals surface area contributed by atoms with E-state index in [4.69, 9.17) is 11.5 Å². The molecule has 6 nitrogen and oxygen atoms in total. The molecule has 0 bridgehead atoms. The van der Waals surface area contributed by atoms with E-state index < -0.39 is 0 Å². The minimum atomic E-state index is -0.371. The molecule has 5 N–H and O–H groups in total. The summed E-state index contributed by atoms with van der Waals surface area (Å²) in [5, 5.41) is 1.05. The molecule has 7 heteroatoms. The molecule has 4 rings (SSSR count). The van der Waals surface area contributed by atoms with Crippen LogP contribution in [0.3, 0.4) is 0 Å². The Kier molecular flexibility index (Phi) is 5.42. The van der Waals surface area contributed by atoms with Crippen LogP contribution in [0.2, 0.25) is 0 Å². The first-order valence-corrected chi connectivity index (χ1v) is 9.22. The highest BCUT2D eigenvalue weighted by Gasteiger charge is 2.17. The van der Waals surface area contributed by atoms with E-state index in [0.29, 0.717) is 10.9 Å². The number of fused-ring (bicyclic) bond motifs is 1. The molecule has 0 aromatic carbocycles. The summed E-state index contributed by atoms with van der Waals surface area (Å²) >= 11 is 1.50. The van der Waals surface area contributed by atoms with Crippen molar-refractivity contribution in [2.75, 3.05) is 17.2 Å². The third kappa shape index (κ3) is 3.91. The molecule has 2 aromatic rings. The fourth-order valence-corrected chi connectivity index (χ4v) is 3.83. The van der Waals surface area contributed by atoms with Crippen molar-refractivity contribution >= 4 is 34.4 Å². The van der Waals surface area contributed by atoms with Crippen LogP contribution < -0.4 is 16.4 Å². The van der Waals surface area contributed by atoms with Crippen LogP contribution >= 0.6 is 11.8 Å². The maximum absolute atomic E-state index is 11.2. The Labute approximate surface area is 145 Å². The molecular weight excluding hydrogens is 322 g/mol. The predicted octanol–water partition coefficient (Wildman–Crippen LogP) is 2.33. The van der Waals surface area contributed by atoms with Gasteiger partial charge in [-0.25, -0.2) is 4.98 Å². The van der Waals surface area contributed by atoms with Crippen molar-refractivity contribution in [3.63, 3.8) is 0 Å². The van der Waals surface area contributed by atoms with Gasteiger partial charge in [-0.1, -0.05) is 12.8 Å². The lowest BCUT2D eigenvalue weighted by Crippen LogP contribution is -2.27. The van der Waals surface area contributed by atoms with Gasteiger partial charge in [-0.15, -0.1) is 11.8 Å². The van der Waals surface area contributed by atoms with Crippen LogP contribution in [0.5, 0.6) is 0 Å². The maximum Gasteiger partial charge on any atom is 0.256 e. The van der Waals surface area contributed by atoms with Crippen LogP contribution in [0.15, 0.2) is 35.6 Å². The zero-order valence-electron chi connectivity index (χ0n) is 13.6. The van der Waals surface area contributed by atoms with Crippen LogP contribution in [0.1, 0.15) is 25.7 Å². The summed E-state index contributed by atoms with van der Waals surface area (Å²) < 4.78 is 0. The number of nitrogens with two attached hydrogens (primary N) is 2. The Bertz CT molecular complexity index is 735. The second-order valence-electron chi connectivity index (χ2n) is 6.01. The number of amides is 1. The second-order valence-corrected chi connectivity index (χ2v) is 7.15. The first-order valence-electron chi connectivity index (χ1n) is 8.24. The van der Waals surface area contributed by atoms with E-state index in [1.807, 2.05) is 24.5 Å². The van der Waals surface area contributed by atoms with Crippen molar-refractivity contribution in [2.24, 2.45) is 11.5 Å². The molecule has 24 heavy (non-hydrogen) atoms. The molecule has 1 saturated carbocycles. The van der Waals surface area contributed by atoms with Gasteiger partial charge in [-0.2, -0.15) is 0 Å². The number of aromatic nitrogens is 2. The number of nitrogens with one attached hydrogen (secondary N) is 1. The fraction of sp³-hybridized carbons (Fsp3) is 0.412. The highest BCUT2D eigenvalue weighted by Crippen LogP contribution is 2.30. The lowest BCUT2D eigenvalue weighted by atomic mass is 10.2. The van der Waals surface area contributed by atoms with E-state index in [9.17, 15) is 4.79 Å². The van der Waals surface area contributed by atoms with Gasteiger partial charge < -0.3 is 21.4 Å². The van der Waals surface area contributed by atoms with E-state index in [1.165, 1.54) is 37.4 Å². The van der Waals surface area contributed by atoms with Crippen LogP contribution in [-0.2, 0) is 4.79 Å². The number of thioether (sulfide) groups is 1. The summed E-state index contributed by atoms with van der Waals surface area (Å²) in [6.07, 6.45) is 10.7. The monoisotopic (exact) mass is 345 g/mol. The zero-order chi connectivity index (χ0) is 16.9. The highest BCUT2D eigenvalue weighted by molar-refractivity contribution is 8.04. The molecule has 1 aliphatic carbocycles. The van der Waals surface area contributed by atoms with Crippen molar-refractivity contribution in [1.29, 1.82) is 0 Å². The van der Waals surface area contributed by atoms with Gasteiger partial charge in [0.1, 0.15) is 5.65 Å². The molecule has 1 amide bonds. The topological polar surface area (TPSA) is 101 Å². The zero-order valence-corrected chi connectivity index (χ0v) is 14.4. The summed E-state index contributed by atoms with van der Waals surface area (Å²) in [6.45, 7) is 0.853. The third-order valence-electron chi connectivity index (χ3n) is 4.25. The number of pyridine rings is 1. The lowest BCUT2D eigenvalue weighted by Gasteiger charge is -2.25. The number of hydrogen-bond acceptors (Lipinski definition) is 5. The Balaban J connectivity index is 0.000000238. The fourth-order valence-electron chi connectivity index (χ4n) is 2.98. The Morgan fingerprint density at radius 1 is 1.33 bits per heavy atom. The minimum absolute atomic E-state index is 0.371. The highest BCUT2D eigenvalue weighted by atomic mass is 32.2. The van der Waals surface area contributed by atoms with Gasteiger partial charge in [0, 0.05) is 42.3 Å². The molecule has 0 radical (unpaired) electrons. The summed E-state index contributed by atoms with van der Waals surface area (Å²) in [4.78, 5) is 21.2. The molecule has 1 fully saturated rings. The number of rotatable bonds is 2. The summed E-state index contributed by atoms with van der Waals surface area (Å²) in [5.74, 6) is 0.479. The minimum Gasteiger partial charge on any atom is -0.365 e. The predicted molar refractivity (Wildman–Crippen MR) is 99.6 cm³/mol. The van der Waals surface area contributed by atoms with Gasteiger partial charge in [0.25, 0.3) is 5.91 Å². The molecule has 0 unspecified atom stereocenters. The summed E-state index contributed by atoms with van der Waals surface area (Å²) in [6, 6.07) is 4.48. The summed E-state index contributed by atoms with van der Waals surface area (Å²) in [7, 11) is 0. The third-order valence-corrected chi connectivity index (χ3v) is 5.26. The molecule has 3 heterocycles. The van der Waals surface area contributed by atoms with E-state index in [-0.39, 0.29) is 5.91 Å². The Morgan fingerprint density at radius 2 is 2.12 bits per heavy atom. The SMILES string of the molecule is NC(=O)C1=CN(c2ccnc3[nH]ccc23)CCS1.NC1CCCC1. The lowest BCUT2D eigenvalue weighted by molar-refractivity contribution is -0.113. The molecule has 2 aliphatic rings. The van der Waals surface area contributed by atoms with Crippen LogP contribution in [0.25, 0.3) is 11.0 Å². The molecule has 2 aromatic heterocycles. The number of aromatic amines is 1. The molecule has 128 valence electrons. The largest absolute Gasteiger partial charge is 0.365 e.